The number of fused-ring (bicyclic) bond motifs is 1. The van der Waals surface area contributed by atoms with E-state index >= 15 is 0 Å². The zero-order valence-corrected chi connectivity index (χ0v) is 9.64. The molecular formula is C13H13ClN2. The molecule has 16 heavy (non-hydrogen) atoms. The van der Waals surface area contributed by atoms with Gasteiger partial charge in [0.15, 0.2) is 0 Å². The molecule has 2 nitrogen and oxygen atoms in total. The lowest BCUT2D eigenvalue weighted by molar-refractivity contribution is 0.739. The van der Waals surface area contributed by atoms with Gasteiger partial charge in [0.05, 0.1) is 10.5 Å². The van der Waals surface area contributed by atoms with Gasteiger partial charge in [0.25, 0.3) is 0 Å². The van der Waals surface area contributed by atoms with Crippen LogP contribution in [0.1, 0.15) is 12.0 Å². The van der Waals surface area contributed by atoms with Crippen molar-refractivity contribution in [3.05, 3.63) is 41.1 Å². The SMILES string of the molecule is Clc1cccc2c(C3=CCNCC3)c[nH]c12. The van der Waals surface area contributed by atoms with Crippen molar-refractivity contribution in [2.75, 3.05) is 13.1 Å². The monoisotopic (exact) mass is 232 g/mol. The van der Waals surface area contributed by atoms with Crippen molar-refractivity contribution in [2.24, 2.45) is 0 Å². The van der Waals surface area contributed by atoms with Crippen LogP contribution in [0.25, 0.3) is 16.5 Å². The maximum Gasteiger partial charge on any atom is 0.0649 e. The van der Waals surface area contributed by atoms with E-state index in [-0.39, 0.29) is 0 Å². The second-order valence-corrected chi connectivity index (χ2v) is 4.46. The van der Waals surface area contributed by atoms with Crippen molar-refractivity contribution in [1.29, 1.82) is 0 Å². The third kappa shape index (κ3) is 1.55. The van der Waals surface area contributed by atoms with E-state index in [1.54, 1.807) is 0 Å². The van der Waals surface area contributed by atoms with Crippen LogP contribution in [0, 0.1) is 0 Å². The van der Waals surface area contributed by atoms with Crippen LogP contribution in [0.5, 0.6) is 0 Å². The summed E-state index contributed by atoms with van der Waals surface area (Å²) in [6.07, 6.45) is 5.40. The van der Waals surface area contributed by atoms with Gasteiger partial charge in [0.1, 0.15) is 0 Å². The van der Waals surface area contributed by atoms with E-state index in [4.69, 9.17) is 11.6 Å². The summed E-state index contributed by atoms with van der Waals surface area (Å²) < 4.78 is 0. The minimum atomic E-state index is 0.790. The standard InChI is InChI=1S/C13H13ClN2/c14-12-3-1-2-10-11(8-16-13(10)12)9-4-6-15-7-5-9/h1-4,8,15-16H,5-7H2. The van der Waals surface area contributed by atoms with Crippen molar-refractivity contribution in [3.8, 4) is 0 Å². The molecule has 2 N–H and O–H groups in total. The Hall–Kier alpha value is -1.25. The number of aromatic nitrogens is 1. The maximum atomic E-state index is 6.15. The summed E-state index contributed by atoms with van der Waals surface area (Å²) in [5, 5.41) is 5.34. The Morgan fingerprint density at radius 2 is 2.19 bits per heavy atom. The van der Waals surface area contributed by atoms with Gasteiger partial charge in [-0.25, -0.2) is 0 Å². The number of halogens is 1. The number of hydrogen-bond acceptors (Lipinski definition) is 1. The highest BCUT2D eigenvalue weighted by molar-refractivity contribution is 6.35. The van der Waals surface area contributed by atoms with Crippen molar-refractivity contribution >= 4 is 28.1 Å². The van der Waals surface area contributed by atoms with Crippen LogP contribution in [0.4, 0.5) is 0 Å². The predicted molar refractivity (Wildman–Crippen MR) is 68.8 cm³/mol. The van der Waals surface area contributed by atoms with E-state index in [2.05, 4.69) is 28.6 Å². The average Bonchev–Trinajstić information content (AvgIpc) is 2.75. The Morgan fingerprint density at radius 1 is 1.25 bits per heavy atom. The van der Waals surface area contributed by atoms with Crippen LogP contribution in [0.2, 0.25) is 5.02 Å². The molecule has 1 aliphatic heterocycles. The number of para-hydroxylation sites is 1. The Labute approximate surface area is 99.3 Å². The Bertz CT molecular complexity index is 554. The Morgan fingerprint density at radius 3 is 3.00 bits per heavy atom. The van der Waals surface area contributed by atoms with Gasteiger partial charge in [-0.15, -0.1) is 0 Å². The second-order valence-electron chi connectivity index (χ2n) is 4.05. The third-order valence-electron chi connectivity index (χ3n) is 3.07. The molecule has 0 amide bonds. The molecule has 0 saturated carbocycles. The topological polar surface area (TPSA) is 27.8 Å². The number of rotatable bonds is 1. The van der Waals surface area contributed by atoms with E-state index in [0.717, 1.165) is 30.0 Å². The summed E-state index contributed by atoms with van der Waals surface area (Å²) in [6.45, 7) is 2.02. The second kappa shape index (κ2) is 3.96. The largest absolute Gasteiger partial charge is 0.359 e. The van der Waals surface area contributed by atoms with Gasteiger partial charge in [-0.2, -0.15) is 0 Å². The molecule has 0 spiro atoms. The first-order chi connectivity index (χ1) is 7.86. The fourth-order valence-corrected chi connectivity index (χ4v) is 2.48. The minimum absolute atomic E-state index is 0.790. The van der Waals surface area contributed by atoms with Gasteiger partial charge in [0, 0.05) is 23.7 Å². The lowest BCUT2D eigenvalue weighted by Gasteiger charge is -2.13. The molecule has 0 saturated heterocycles. The van der Waals surface area contributed by atoms with Crippen molar-refractivity contribution < 1.29 is 0 Å². The molecular weight excluding hydrogens is 220 g/mol. The summed E-state index contributed by atoms with van der Waals surface area (Å²) in [5.41, 5.74) is 3.74. The van der Waals surface area contributed by atoms with E-state index < -0.39 is 0 Å². The quantitative estimate of drug-likeness (QED) is 0.777. The van der Waals surface area contributed by atoms with E-state index in [9.17, 15) is 0 Å². The summed E-state index contributed by atoms with van der Waals surface area (Å²) in [4.78, 5) is 3.26. The van der Waals surface area contributed by atoms with Gasteiger partial charge in [-0.05, 0) is 24.6 Å². The summed E-state index contributed by atoms with van der Waals surface area (Å²) in [6, 6.07) is 6.04. The van der Waals surface area contributed by atoms with Crippen LogP contribution in [0.3, 0.4) is 0 Å². The number of hydrogen-bond donors (Lipinski definition) is 2. The van der Waals surface area contributed by atoms with E-state index in [0.29, 0.717) is 0 Å². The normalized spacial score (nSPS) is 16.4. The highest BCUT2D eigenvalue weighted by atomic mass is 35.5. The van der Waals surface area contributed by atoms with Crippen LogP contribution < -0.4 is 5.32 Å². The van der Waals surface area contributed by atoms with Crippen LogP contribution in [-0.4, -0.2) is 18.1 Å². The molecule has 0 atom stereocenters. The van der Waals surface area contributed by atoms with Gasteiger partial charge < -0.3 is 10.3 Å². The minimum Gasteiger partial charge on any atom is -0.359 e. The highest BCUT2D eigenvalue weighted by Gasteiger charge is 2.11. The lowest BCUT2D eigenvalue weighted by Crippen LogP contribution is -2.19. The highest BCUT2D eigenvalue weighted by Crippen LogP contribution is 2.31. The van der Waals surface area contributed by atoms with Crippen LogP contribution in [-0.2, 0) is 0 Å². The molecule has 2 heterocycles. The molecule has 1 aromatic carbocycles. The Kier molecular flexibility index (Phi) is 2.46. The molecule has 2 aromatic rings. The van der Waals surface area contributed by atoms with E-state index in [1.165, 1.54) is 16.5 Å². The number of benzene rings is 1. The van der Waals surface area contributed by atoms with Gasteiger partial charge >= 0.3 is 0 Å². The molecule has 0 fully saturated rings. The maximum absolute atomic E-state index is 6.15. The zero-order chi connectivity index (χ0) is 11.0. The molecule has 1 aliphatic rings. The van der Waals surface area contributed by atoms with Crippen LogP contribution >= 0.6 is 11.6 Å². The molecule has 3 heteroatoms. The third-order valence-corrected chi connectivity index (χ3v) is 3.39. The van der Waals surface area contributed by atoms with Crippen molar-refractivity contribution in [2.45, 2.75) is 6.42 Å². The van der Waals surface area contributed by atoms with Gasteiger partial charge in [-0.3, -0.25) is 0 Å². The first kappa shape index (κ1) is 9.94. The molecule has 0 bridgehead atoms. The molecule has 82 valence electrons. The first-order valence-electron chi connectivity index (χ1n) is 5.52. The average molecular weight is 233 g/mol. The lowest BCUT2D eigenvalue weighted by atomic mass is 10.00. The molecule has 0 aliphatic carbocycles. The van der Waals surface area contributed by atoms with Crippen LogP contribution in [0.15, 0.2) is 30.5 Å². The molecule has 0 unspecified atom stereocenters. The van der Waals surface area contributed by atoms with Gasteiger partial charge in [0.2, 0.25) is 0 Å². The van der Waals surface area contributed by atoms with Gasteiger partial charge in [-0.1, -0.05) is 29.8 Å². The zero-order valence-electron chi connectivity index (χ0n) is 8.89. The smallest absolute Gasteiger partial charge is 0.0649 e. The first-order valence-corrected chi connectivity index (χ1v) is 5.90. The predicted octanol–water partition coefficient (Wildman–Crippen LogP) is 3.20. The Balaban J connectivity index is 2.17. The number of H-pyrrole nitrogens is 1. The van der Waals surface area contributed by atoms with Crippen molar-refractivity contribution in [1.82, 2.24) is 10.3 Å². The number of aromatic amines is 1. The molecule has 1 aromatic heterocycles. The summed E-state index contributed by atoms with van der Waals surface area (Å²) in [7, 11) is 0. The molecule has 3 rings (SSSR count). The van der Waals surface area contributed by atoms with Crippen molar-refractivity contribution in [3.63, 3.8) is 0 Å². The fraction of sp³-hybridized carbons (Fsp3) is 0.231. The number of nitrogens with one attached hydrogen (secondary N) is 2. The van der Waals surface area contributed by atoms with E-state index in [1.807, 2.05) is 12.1 Å². The fourth-order valence-electron chi connectivity index (χ4n) is 2.25. The summed E-state index contributed by atoms with van der Waals surface area (Å²) in [5.74, 6) is 0. The summed E-state index contributed by atoms with van der Waals surface area (Å²) >= 11 is 6.15. The molecule has 0 radical (unpaired) electrons.